The number of nitrogens with zero attached hydrogens (tertiary/aromatic N) is 2. The zero-order valence-corrected chi connectivity index (χ0v) is 9.40. The van der Waals surface area contributed by atoms with Crippen LogP contribution in [-0.4, -0.2) is 23.2 Å². The predicted molar refractivity (Wildman–Crippen MR) is 60.8 cm³/mol. The van der Waals surface area contributed by atoms with E-state index in [1.54, 1.807) is 12.4 Å². The van der Waals surface area contributed by atoms with Gasteiger partial charge in [-0.05, 0) is 17.9 Å². The van der Waals surface area contributed by atoms with E-state index in [4.69, 9.17) is 0 Å². The van der Waals surface area contributed by atoms with Gasteiger partial charge in [-0.25, -0.2) is 0 Å². The number of rotatable bonds is 2. The number of aliphatic hydroxyl groups is 1. The van der Waals surface area contributed by atoms with E-state index in [0.29, 0.717) is 5.41 Å². The van der Waals surface area contributed by atoms with Crippen LogP contribution in [0.3, 0.4) is 0 Å². The molecular weight excluding hydrogens is 188 g/mol. The Bertz CT molecular complexity index is 349. The molecule has 3 nitrogen and oxygen atoms in total. The standard InChI is InChI=1S/C12H18N2O/c1-12(2)4-6-14(9-12)11-3-5-13-7-10(11)8-15/h3,5,7,15H,4,6,8-9H2,1-2H3. The highest BCUT2D eigenvalue weighted by Crippen LogP contribution is 2.33. The molecule has 82 valence electrons. The van der Waals surface area contributed by atoms with Crippen molar-refractivity contribution < 1.29 is 5.11 Å². The van der Waals surface area contributed by atoms with Gasteiger partial charge in [0.1, 0.15) is 0 Å². The first-order chi connectivity index (χ1) is 7.12. The number of pyridine rings is 1. The highest BCUT2D eigenvalue weighted by Gasteiger charge is 2.29. The highest BCUT2D eigenvalue weighted by molar-refractivity contribution is 5.53. The minimum atomic E-state index is 0.0695. The molecular formula is C12H18N2O. The Morgan fingerprint density at radius 1 is 1.53 bits per heavy atom. The maximum absolute atomic E-state index is 9.24. The fourth-order valence-electron chi connectivity index (χ4n) is 2.17. The number of aliphatic hydroxyl groups excluding tert-OH is 1. The fraction of sp³-hybridized carbons (Fsp3) is 0.583. The van der Waals surface area contributed by atoms with Gasteiger partial charge in [0.05, 0.1) is 6.61 Å². The average molecular weight is 206 g/mol. The lowest BCUT2D eigenvalue weighted by atomic mass is 9.93. The van der Waals surface area contributed by atoms with Crippen molar-refractivity contribution in [1.82, 2.24) is 4.98 Å². The van der Waals surface area contributed by atoms with Crippen LogP contribution in [0, 0.1) is 5.41 Å². The van der Waals surface area contributed by atoms with Gasteiger partial charge in [-0.3, -0.25) is 4.98 Å². The maximum atomic E-state index is 9.24. The second-order valence-electron chi connectivity index (χ2n) is 5.00. The lowest BCUT2D eigenvalue weighted by Gasteiger charge is -2.23. The van der Waals surface area contributed by atoms with E-state index in [0.717, 1.165) is 24.3 Å². The summed E-state index contributed by atoms with van der Waals surface area (Å²) in [6.45, 7) is 6.77. The van der Waals surface area contributed by atoms with Crippen molar-refractivity contribution in [3.8, 4) is 0 Å². The van der Waals surface area contributed by atoms with Crippen molar-refractivity contribution in [2.45, 2.75) is 26.9 Å². The predicted octanol–water partition coefficient (Wildman–Crippen LogP) is 1.81. The SMILES string of the molecule is CC1(C)CCN(c2ccncc2CO)C1. The molecule has 2 heterocycles. The molecule has 1 aliphatic rings. The van der Waals surface area contributed by atoms with Crippen LogP contribution in [0.15, 0.2) is 18.5 Å². The van der Waals surface area contributed by atoms with E-state index < -0.39 is 0 Å². The van der Waals surface area contributed by atoms with Crippen molar-refractivity contribution in [3.05, 3.63) is 24.0 Å². The van der Waals surface area contributed by atoms with E-state index in [2.05, 4.69) is 23.7 Å². The molecule has 0 spiro atoms. The smallest absolute Gasteiger partial charge is 0.0717 e. The van der Waals surface area contributed by atoms with Crippen molar-refractivity contribution in [2.24, 2.45) is 5.41 Å². The van der Waals surface area contributed by atoms with Crippen LogP contribution in [0.4, 0.5) is 5.69 Å². The fourth-order valence-corrected chi connectivity index (χ4v) is 2.17. The van der Waals surface area contributed by atoms with Crippen molar-refractivity contribution in [3.63, 3.8) is 0 Å². The van der Waals surface area contributed by atoms with Gasteiger partial charge in [0.15, 0.2) is 0 Å². The molecule has 0 aromatic carbocycles. The van der Waals surface area contributed by atoms with E-state index in [9.17, 15) is 5.11 Å². The lowest BCUT2D eigenvalue weighted by molar-refractivity contribution is 0.281. The molecule has 1 saturated heterocycles. The first-order valence-electron chi connectivity index (χ1n) is 5.41. The summed E-state index contributed by atoms with van der Waals surface area (Å²) < 4.78 is 0. The Hall–Kier alpha value is -1.09. The zero-order valence-electron chi connectivity index (χ0n) is 9.40. The minimum absolute atomic E-state index is 0.0695. The summed E-state index contributed by atoms with van der Waals surface area (Å²) in [5.74, 6) is 0. The van der Waals surface area contributed by atoms with Gasteiger partial charge in [0, 0.05) is 36.7 Å². The number of hydrogen-bond acceptors (Lipinski definition) is 3. The summed E-state index contributed by atoms with van der Waals surface area (Å²) >= 11 is 0. The van der Waals surface area contributed by atoms with Gasteiger partial charge in [0.2, 0.25) is 0 Å². The molecule has 1 aromatic heterocycles. The van der Waals surface area contributed by atoms with E-state index in [1.807, 2.05) is 6.07 Å². The van der Waals surface area contributed by atoms with Gasteiger partial charge in [-0.15, -0.1) is 0 Å². The van der Waals surface area contributed by atoms with E-state index in [1.165, 1.54) is 6.42 Å². The topological polar surface area (TPSA) is 36.4 Å². The Labute approximate surface area is 90.8 Å². The van der Waals surface area contributed by atoms with E-state index >= 15 is 0 Å². The molecule has 0 aliphatic carbocycles. The van der Waals surface area contributed by atoms with Crippen molar-refractivity contribution >= 4 is 5.69 Å². The summed E-state index contributed by atoms with van der Waals surface area (Å²) in [6.07, 6.45) is 4.75. The molecule has 0 atom stereocenters. The van der Waals surface area contributed by atoms with Crippen LogP contribution in [0.5, 0.6) is 0 Å². The van der Waals surface area contributed by atoms with Crippen LogP contribution in [0.25, 0.3) is 0 Å². The normalized spacial score (nSPS) is 19.5. The molecule has 0 amide bonds. The molecule has 0 radical (unpaired) electrons. The third-order valence-corrected chi connectivity index (χ3v) is 3.07. The second-order valence-corrected chi connectivity index (χ2v) is 5.00. The van der Waals surface area contributed by atoms with E-state index in [-0.39, 0.29) is 6.61 Å². The molecule has 1 aliphatic heterocycles. The molecule has 0 saturated carbocycles. The summed E-state index contributed by atoms with van der Waals surface area (Å²) in [7, 11) is 0. The molecule has 0 bridgehead atoms. The summed E-state index contributed by atoms with van der Waals surface area (Å²) in [6, 6.07) is 1.99. The van der Waals surface area contributed by atoms with Crippen molar-refractivity contribution in [1.29, 1.82) is 0 Å². The highest BCUT2D eigenvalue weighted by atomic mass is 16.3. The molecule has 2 rings (SSSR count). The first-order valence-corrected chi connectivity index (χ1v) is 5.41. The molecule has 1 aromatic rings. The van der Waals surface area contributed by atoms with Crippen LogP contribution in [0.2, 0.25) is 0 Å². The first kappa shape index (κ1) is 10.4. The molecule has 1 fully saturated rings. The summed E-state index contributed by atoms with van der Waals surface area (Å²) in [5.41, 5.74) is 2.45. The molecule has 0 unspecified atom stereocenters. The van der Waals surface area contributed by atoms with Crippen molar-refractivity contribution in [2.75, 3.05) is 18.0 Å². The van der Waals surface area contributed by atoms with Gasteiger partial charge in [-0.2, -0.15) is 0 Å². The number of hydrogen-bond donors (Lipinski definition) is 1. The third kappa shape index (κ3) is 2.12. The maximum Gasteiger partial charge on any atom is 0.0717 e. The second kappa shape index (κ2) is 3.81. The van der Waals surface area contributed by atoms with Gasteiger partial charge in [-0.1, -0.05) is 13.8 Å². The monoisotopic (exact) mass is 206 g/mol. The number of anilines is 1. The Balaban J connectivity index is 2.23. The third-order valence-electron chi connectivity index (χ3n) is 3.07. The zero-order chi connectivity index (χ0) is 10.9. The average Bonchev–Trinajstić information content (AvgIpc) is 2.59. The molecule has 15 heavy (non-hydrogen) atoms. The lowest BCUT2D eigenvalue weighted by Crippen LogP contribution is -2.23. The van der Waals surface area contributed by atoms with Crippen LogP contribution in [-0.2, 0) is 6.61 Å². The summed E-state index contributed by atoms with van der Waals surface area (Å²) in [5, 5.41) is 9.24. The largest absolute Gasteiger partial charge is 0.392 e. The molecule has 3 heteroatoms. The quantitative estimate of drug-likeness (QED) is 0.801. The van der Waals surface area contributed by atoms with Gasteiger partial charge < -0.3 is 10.0 Å². The van der Waals surface area contributed by atoms with Gasteiger partial charge >= 0.3 is 0 Å². The van der Waals surface area contributed by atoms with Crippen LogP contribution in [0.1, 0.15) is 25.8 Å². The van der Waals surface area contributed by atoms with Crippen LogP contribution < -0.4 is 4.90 Å². The van der Waals surface area contributed by atoms with Gasteiger partial charge in [0.25, 0.3) is 0 Å². The Morgan fingerprint density at radius 2 is 2.33 bits per heavy atom. The van der Waals surface area contributed by atoms with Crippen LogP contribution >= 0.6 is 0 Å². The minimum Gasteiger partial charge on any atom is -0.392 e. The molecule has 1 N–H and O–H groups in total. The Morgan fingerprint density at radius 3 is 2.93 bits per heavy atom. The number of aromatic nitrogens is 1. The Kier molecular flexibility index (Phi) is 2.65. The summed E-state index contributed by atoms with van der Waals surface area (Å²) in [4.78, 5) is 6.38.